The molecule has 0 bridgehead atoms. The van der Waals surface area contributed by atoms with E-state index in [-0.39, 0.29) is 10.7 Å². The monoisotopic (exact) mass is 586 g/mol. The number of methoxy groups -OCH3 is 1. The number of primary amides is 1. The average molecular weight is 587 g/mol. The number of benzene rings is 1. The van der Waals surface area contributed by atoms with Crippen LogP contribution < -0.4 is 22.3 Å². The highest BCUT2D eigenvalue weighted by Crippen LogP contribution is 2.34. The number of rotatable bonds is 8. The van der Waals surface area contributed by atoms with Crippen LogP contribution in [0.4, 0.5) is 10.1 Å². The largest absolute Gasteiger partial charge is 0.456 e. The summed E-state index contributed by atoms with van der Waals surface area (Å²) in [5.74, 6) is -3.39. The fourth-order valence-electron chi connectivity index (χ4n) is 4.15. The SMILES string of the molecule is CO[C@H]1[C@@H](O)[C@H](n2ccc(=O)[nH]c2=O)O[C@@H]1C(O[C@H]1OC(C(=O)Nc2ccc(F)c(Cl)c2)=C[C@H](O)[C@@H]1O)C(N)=O. The Labute approximate surface area is 228 Å². The number of aliphatic hydroxyl groups excluding tert-OH is 3. The Morgan fingerprint density at radius 2 is 1.95 bits per heavy atom. The highest BCUT2D eigenvalue weighted by Gasteiger charge is 2.52. The minimum Gasteiger partial charge on any atom is -0.456 e. The summed E-state index contributed by atoms with van der Waals surface area (Å²) in [6.45, 7) is 0. The van der Waals surface area contributed by atoms with Crippen molar-refractivity contribution in [3.05, 3.63) is 74.0 Å². The number of nitrogens with zero attached hydrogens (tertiary/aromatic N) is 1. The molecule has 2 aromatic rings. The first-order valence-electron chi connectivity index (χ1n) is 11.5. The van der Waals surface area contributed by atoms with Gasteiger partial charge in [-0.3, -0.25) is 23.9 Å². The summed E-state index contributed by atoms with van der Waals surface area (Å²) in [6.07, 6.45) is -11.2. The predicted molar refractivity (Wildman–Crippen MR) is 131 cm³/mol. The predicted octanol–water partition coefficient (Wildman–Crippen LogP) is -1.93. The Morgan fingerprint density at radius 3 is 2.58 bits per heavy atom. The molecule has 1 fully saturated rings. The highest BCUT2D eigenvalue weighted by molar-refractivity contribution is 6.31. The molecule has 2 amide bonds. The van der Waals surface area contributed by atoms with Gasteiger partial charge < -0.3 is 45.3 Å². The van der Waals surface area contributed by atoms with E-state index in [1.54, 1.807) is 0 Å². The molecule has 15 nitrogen and oxygen atoms in total. The number of nitrogens with one attached hydrogen (secondary N) is 2. The fourth-order valence-corrected chi connectivity index (χ4v) is 4.33. The number of amides is 2. The number of aliphatic hydroxyl groups is 3. The summed E-state index contributed by atoms with van der Waals surface area (Å²) < 4.78 is 36.1. The van der Waals surface area contributed by atoms with Gasteiger partial charge in [0.25, 0.3) is 11.5 Å². The molecule has 0 radical (unpaired) electrons. The van der Waals surface area contributed by atoms with Crippen LogP contribution in [-0.4, -0.2) is 86.7 Å². The number of aromatic nitrogens is 2. The molecule has 1 unspecified atom stereocenters. The van der Waals surface area contributed by atoms with E-state index < -0.39 is 83.8 Å². The van der Waals surface area contributed by atoms with Crippen LogP contribution >= 0.6 is 11.6 Å². The third-order valence-corrected chi connectivity index (χ3v) is 6.39. The number of carbonyl (C=O) groups excluding carboxylic acids is 2. The molecular formula is C23H24ClFN4O11. The number of nitrogens with two attached hydrogens (primary N) is 1. The van der Waals surface area contributed by atoms with E-state index in [9.17, 15) is 38.9 Å². The number of anilines is 1. The lowest BCUT2D eigenvalue weighted by Gasteiger charge is -2.35. The molecule has 7 N–H and O–H groups in total. The molecule has 2 aliphatic rings. The molecule has 1 aromatic carbocycles. The summed E-state index contributed by atoms with van der Waals surface area (Å²) in [4.78, 5) is 50.8. The lowest BCUT2D eigenvalue weighted by Crippen LogP contribution is -2.53. The van der Waals surface area contributed by atoms with Crippen LogP contribution in [0.5, 0.6) is 0 Å². The molecule has 1 saturated heterocycles. The van der Waals surface area contributed by atoms with Gasteiger partial charge in [-0.2, -0.15) is 0 Å². The zero-order valence-corrected chi connectivity index (χ0v) is 21.2. The van der Waals surface area contributed by atoms with Gasteiger partial charge in [-0.1, -0.05) is 11.6 Å². The molecule has 0 aliphatic carbocycles. The normalized spacial score (nSPS) is 28.9. The third-order valence-electron chi connectivity index (χ3n) is 6.10. The molecule has 1 aromatic heterocycles. The van der Waals surface area contributed by atoms with Crippen molar-refractivity contribution in [3.8, 4) is 0 Å². The van der Waals surface area contributed by atoms with Crippen molar-refractivity contribution in [1.29, 1.82) is 0 Å². The molecule has 216 valence electrons. The molecule has 17 heteroatoms. The Bertz CT molecular complexity index is 1430. The van der Waals surface area contributed by atoms with Crippen molar-refractivity contribution in [3.63, 3.8) is 0 Å². The molecule has 8 atom stereocenters. The molecule has 0 spiro atoms. The quantitative estimate of drug-likeness (QED) is 0.200. The summed E-state index contributed by atoms with van der Waals surface area (Å²) >= 11 is 5.71. The van der Waals surface area contributed by atoms with Gasteiger partial charge in [0.15, 0.2) is 18.1 Å². The van der Waals surface area contributed by atoms with Crippen molar-refractivity contribution in [1.82, 2.24) is 9.55 Å². The lowest BCUT2D eigenvalue weighted by atomic mass is 10.0. The lowest BCUT2D eigenvalue weighted by molar-refractivity contribution is -0.241. The van der Waals surface area contributed by atoms with Crippen molar-refractivity contribution < 1.29 is 48.2 Å². The number of hydrogen-bond donors (Lipinski definition) is 6. The first-order chi connectivity index (χ1) is 18.9. The summed E-state index contributed by atoms with van der Waals surface area (Å²) in [5.41, 5.74) is 3.94. The van der Waals surface area contributed by atoms with E-state index in [0.29, 0.717) is 0 Å². The van der Waals surface area contributed by atoms with Crippen molar-refractivity contribution in [2.24, 2.45) is 5.73 Å². The van der Waals surface area contributed by atoms with E-state index >= 15 is 0 Å². The van der Waals surface area contributed by atoms with Crippen LogP contribution in [0, 0.1) is 5.82 Å². The number of carbonyl (C=O) groups is 2. The van der Waals surface area contributed by atoms with E-state index in [1.165, 1.54) is 13.2 Å². The van der Waals surface area contributed by atoms with Crippen LogP contribution in [0.2, 0.25) is 5.02 Å². The van der Waals surface area contributed by atoms with Gasteiger partial charge in [0, 0.05) is 25.1 Å². The van der Waals surface area contributed by atoms with E-state index in [0.717, 1.165) is 35.0 Å². The number of aromatic amines is 1. The molecule has 4 rings (SSSR count). The van der Waals surface area contributed by atoms with Crippen LogP contribution in [0.3, 0.4) is 0 Å². The maximum atomic E-state index is 13.4. The molecular weight excluding hydrogens is 563 g/mol. The molecule has 40 heavy (non-hydrogen) atoms. The van der Waals surface area contributed by atoms with Crippen molar-refractivity contribution in [2.45, 2.75) is 49.1 Å². The van der Waals surface area contributed by atoms with Crippen LogP contribution in [0.25, 0.3) is 0 Å². The van der Waals surface area contributed by atoms with Gasteiger partial charge in [0.05, 0.1) is 5.02 Å². The van der Waals surface area contributed by atoms with Gasteiger partial charge in [0.2, 0.25) is 12.2 Å². The van der Waals surface area contributed by atoms with E-state index in [4.69, 9.17) is 36.3 Å². The van der Waals surface area contributed by atoms with Gasteiger partial charge in [-0.25, -0.2) is 9.18 Å². The number of H-pyrrole nitrogens is 1. The summed E-state index contributed by atoms with van der Waals surface area (Å²) in [6, 6.07) is 4.34. The van der Waals surface area contributed by atoms with E-state index in [1.807, 2.05) is 4.98 Å². The zero-order chi connectivity index (χ0) is 29.3. The first kappa shape index (κ1) is 29.3. The number of halogens is 2. The van der Waals surface area contributed by atoms with Crippen molar-refractivity contribution in [2.75, 3.05) is 12.4 Å². The second-order valence-corrected chi connectivity index (χ2v) is 9.15. The van der Waals surface area contributed by atoms with Crippen molar-refractivity contribution >= 4 is 29.1 Å². The Hall–Kier alpha value is -3.64. The Balaban J connectivity index is 1.54. The maximum Gasteiger partial charge on any atom is 0.330 e. The maximum absolute atomic E-state index is 13.4. The third kappa shape index (κ3) is 5.92. The van der Waals surface area contributed by atoms with Gasteiger partial charge >= 0.3 is 5.69 Å². The zero-order valence-electron chi connectivity index (χ0n) is 20.5. The van der Waals surface area contributed by atoms with Gasteiger partial charge in [0.1, 0.15) is 36.3 Å². The summed E-state index contributed by atoms with van der Waals surface area (Å²) in [7, 11) is 1.17. The summed E-state index contributed by atoms with van der Waals surface area (Å²) in [5, 5.41) is 33.6. The standard InChI is InChI=1S/C23H24ClFN4O11/c1-37-16-15(33)21(29-5-4-13(31)28-23(29)36)39-17(16)18(19(26)34)40-22-14(32)11(30)7-12(38-22)20(35)27-8-2-3-10(25)9(24)6-8/h2-7,11,14-18,21-22,30,32-33H,1H3,(H2,26,34)(H,27,35)(H,28,31,36)/t11-,14-,15+,16-,17-,18?,21+,22+/m0/s1. The van der Waals surface area contributed by atoms with Crippen LogP contribution in [0.15, 0.2) is 51.9 Å². The van der Waals surface area contributed by atoms with Gasteiger partial charge in [-0.15, -0.1) is 0 Å². The minimum absolute atomic E-state index is 0.0776. The average Bonchev–Trinajstić information content (AvgIpc) is 3.22. The second-order valence-electron chi connectivity index (χ2n) is 8.74. The number of hydrogen-bond acceptors (Lipinski definition) is 11. The topological polar surface area (TPSA) is 225 Å². The van der Waals surface area contributed by atoms with Crippen LogP contribution in [0.1, 0.15) is 6.23 Å². The molecule has 0 saturated carbocycles. The fraction of sp³-hybridized carbons (Fsp3) is 0.391. The Kier molecular flexibility index (Phi) is 8.69. The molecule has 2 aliphatic heterocycles. The van der Waals surface area contributed by atoms with Gasteiger partial charge in [-0.05, 0) is 24.3 Å². The highest BCUT2D eigenvalue weighted by atomic mass is 35.5. The first-order valence-corrected chi connectivity index (χ1v) is 11.9. The number of ether oxygens (including phenoxy) is 4. The minimum atomic E-state index is -1.87. The smallest absolute Gasteiger partial charge is 0.330 e. The molecule has 3 heterocycles. The Morgan fingerprint density at radius 1 is 1.23 bits per heavy atom. The van der Waals surface area contributed by atoms with Crippen LogP contribution in [-0.2, 0) is 28.5 Å². The second kappa shape index (κ2) is 11.8. The van der Waals surface area contributed by atoms with E-state index in [2.05, 4.69) is 5.32 Å².